The van der Waals surface area contributed by atoms with E-state index < -0.39 is 0 Å². The van der Waals surface area contributed by atoms with Gasteiger partial charge in [-0.3, -0.25) is 9.38 Å². The lowest BCUT2D eigenvalue weighted by molar-refractivity contribution is 0.931. The molecule has 3 aromatic heterocycles. The summed E-state index contributed by atoms with van der Waals surface area (Å²) in [6.45, 7) is 0. The van der Waals surface area contributed by atoms with Gasteiger partial charge in [0.25, 0.3) is 5.78 Å². The molecule has 0 bridgehead atoms. The van der Waals surface area contributed by atoms with Gasteiger partial charge in [-0.05, 0) is 39.7 Å². The largest absolute Gasteiger partial charge is 0.269 e. The highest BCUT2D eigenvalue weighted by atomic mass is 79.9. The minimum absolute atomic E-state index is 0.607. The molecule has 3 heterocycles. The molecule has 0 N–H and O–H groups in total. The molecule has 4 aromatic rings. The van der Waals surface area contributed by atoms with Gasteiger partial charge >= 0.3 is 0 Å². The number of fused-ring (bicyclic) bond motifs is 2. The number of hydrogen-bond donors (Lipinski definition) is 0. The van der Waals surface area contributed by atoms with Crippen molar-refractivity contribution in [1.82, 2.24) is 24.6 Å². The minimum Gasteiger partial charge on any atom is -0.269 e. The summed E-state index contributed by atoms with van der Waals surface area (Å²) in [5.41, 5.74) is 2.17. The first-order valence-corrected chi connectivity index (χ1v) is 7.28. The Morgan fingerprint density at radius 1 is 1.10 bits per heavy atom. The first-order chi connectivity index (χ1) is 10.3. The summed E-state index contributed by atoms with van der Waals surface area (Å²) in [6, 6.07) is 10.2. The molecular weight excluding hydrogens is 330 g/mol. The van der Waals surface area contributed by atoms with Crippen molar-refractivity contribution < 1.29 is 0 Å². The molecule has 4 rings (SSSR count). The van der Waals surface area contributed by atoms with Crippen LogP contribution in [0.4, 0.5) is 0 Å². The van der Waals surface area contributed by atoms with E-state index >= 15 is 0 Å². The van der Waals surface area contributed by atoms with Gasteiger partial charge in [0.05, 0.1) is 9.99 Å². The van der Waals surface area contributed by atoms with Crippen LogP contribution in [-0.4, -0.2) is 24.6 Å². The topological polar surface area (TPSA) is 56.0 Å². The predicted molar refractivity (Wildman–Crippen MR) is 83.0 cm³/mol. The van der Waals surface area contributed by atoms with Gasteiger partial charge in [-0.2, -0.15) is 0 Å². The number of benzene rings is 1. The van der Waals surface area contributed by atoms with Crippen molar-refractivity contribution in [1.29, 1.82) is 0 Å². The van der Waals surface area contributed by atoms with Gasteiger partial charge < -0.3 is 0 Å². The first-order valence-electron chi connectivity index (χ1n) is 6.48. The Bertz CT molecular complexity index is 947. The highest BCUT2D eigenvalue weighted by Gasteiger charge is 2.08. The maximum absolute atomic E-state index is 4.33. The summed E-state index contributed by atoms with van der Waals surface area (Å²) in [7, 11) is 0. The van der Waals surface area contributed by atoms with Crippen molar-refractivity contribution in [2.75, 3.05) is 0 Å². The molecule has 0 radical (unpaired) electrons. The van der Waals surface area contributed by atoms with Crippen LogP contribution in [0.25, 0.3) is 16.7 Å². The van der Waals surface area contributed by atoms with Gasteiger partial charge in [0.15, 0.2) is 0 Å². The fourth-order valence-electron chi connectivity index (χ4n) is 2.35. The zero-order valence-electron chi connectivity index (χ0n) is 10.9. The maximum atomic E-state index is 4.33. The fraction of sp³-hybridized carbons (Fsp3) is 0.0667. The van der Waals surface area contributed by atoms with Crippen molar-refractivity contribution in [3.05, 3.63) is 64.8 Å². The Hall–Kier alpha value is -2.34. The molecule has 0 aliphatic rings. The molecule has 0 aliphatic carbocycles. The molecule has 0 atom stereocenters. The monoisotopic (exact) mass is 339 g/mol. The van der Waals surface area contributed by atoms with Crippen molar-refractivity contribution >= 4 is 32.6 Å². The molecule has 5 nitrogen and oxygen atoms in total. The van der Waals surface area contributed by atoms with Crippen LogP contribution in [0.15, 0.2) is 53.4 Å². The van der Waals surface area contributed by atoms with E-state index in [1.54, 1.807) is 12.4 Å². The number of nitrogens with zero attached hydrogens (tertiary/aromatic N) is 5. The van der Waals surface area contributed by atoms with Gasteiger partial charge in [0.2, 0.25) is 0 Å². The first kappa shape index (κ1) is 12.4. The maximum Gasteiger partial charge on any atom is 0.255 e. The molecule has 0 unspecified atom stereocenters. The van der Waals surface area contributed by atoms with Gasteiger partial charge in [-0.1, -0.05) is 12.1 Å². The third kappa shape index (κ3) is 2.27. The van der Waals surface area contributed by atoms with Crippen LogP contribution in [0.5, 0.6) is 0 Å². The Kier molecular flexibility index (Phi) is 2.89. The van der Waals surface area contributed by atoms with Crippen LogP contribution in [0.3, 0.4) is 0 Å². The Balaban J connectivity index is 1.77. The van der Waals surface area contributed by atoms with Gasteiger partial charge in [-0.15, -0.1) is 10.2 Å². The lowest BCUT2D eigenvalue weighted by atomic mass is 10.1. The average Bonchev–Trinajstić information content (AvgIpc) is 2.89. The molecule has 21 heavy (non-hydrogen) atoms. The molecule has 6 heteroatoms. The Labute approximate surface area is 128 Å². The van der Waals surface area contributed by atoms with E-state index in [9.17, 15) is 0 Å². The molecular formula is C15H10BrN5. The van der Waals surface area contributed by atoms with Crippen LogP contribution in [0.2, 0.25) is 0 Å². The summed E-state index contributed by atoms with van der Waals surface area (Å²) in [4.78, 5) is 8.56. The number of halogens is 1. The van der Waals surface area contributed by atoms with Crippen LogP contribution in [0.1, 0.15) is 11.4 Å². The van der Waals surface area contributed by atoms with E-state index in [1.807, 2.05) is 22.7 Å². The van der Waals surface area contributed by atoms with Crippen molar-refractivity contribution in [3.63, 3.8) is 0 Å². The molecule has 0 spiro atoms. The smallest absolute Gasteiger partial charge is 0.255 e. The van der Waals surface area contributed by atoms with Crippen LogP contribution < -0.4 is 0 Å². The average molecular weight is 340 g/mol. The molecule has 0 fully saturated rings. The number of aromatic nitrogens is 5. The van der Waals surface area contributed by atoms with Gasteiger partial charge in [0, 0.05) is 30.4 Å². The lowest BCUT2D eigenvalue weighted by Gasteiger charge is -2.03. The zero-order chi connectivity index (χ0) is 14.2. The minimum atomic E-state index is 0.607. The SMILES string of the molecule is Brc1cnc2nnc(Cc3ccc4ncccc4c3)n2c1. The van der Waals surface area contributed by atoms with Gasteiger partial charge in [0.1, 0.15) is 5.82 Å². The third-order valence-electron chi connectivity index (χ3n) is 3.33. The molecule has 1 aromatic carbocycles. The third-order valence-corrected chi connectivity index (χ3v) is 3.74. The quantitative estimate of drug-likeness (QED) is 0.563. The molecule has 102 valence electrons. The lowest BCUT2D eigenvalue weighted by Crippen LogP contribution is -1.97. The van der Waals surface area contributed by atoms with E-state index in [4.69, 9.17) is 0 Å². The highest BCUT2D eigenvalue weighted by molar-refractivity contribution is 9.10. The fourth-order valence-corrected chi connectivity index (χ4v) is 2.66. The summed E-state index contributed by atoms with van der Waals surface area (Å²) in [6.07, 6.45) is 6.15. The molecule has 0 saturated carbocycles. The summed E-state index contributed by atoms with van der Waals surface area (Å²) in [5.74, 6) is 1.47. The predicted octanol–water partition coefficient (Wildman–Crippen LogP) is 3.03. The summed E-state index contributed by atoms with van der Waals surface area (Å²) >= 11 is 3.42. The summed E-state index contributed by atoms with van der Waals surface area (Å²) < 4.78 is 2.80. The van der Waals surface area contributed by atoms with Crippen molar-refractivity contribution in [3.8, 4) is 0 Å². The second-order valence-electron chi connectivity index (χ2n) is 4.77. The number of hydrogen-bond acceptors (Lipinski definition) is 4. The number of pyridine rings is 1. The molecule has 0 aliphatic heterocycles. The molecule has 0 saturated heterocycles. The van der Waals surface area contributed by atoms with Crippen molar-refractivity contribution in [2.24, 2.45) is 0 Å². The summed E-state index contributed by atoms with van der Waals surface area (Å²) in [5, 5.41) is 9.44. The van der Waals surface area contributed by atoms with Crippen LogP contribution in [0, 0.1) is 0 Å². The normalized spacial score (nSPS) is 11.3. The Morgan fingerprint density at radius 2 is 2.05 bits per heavy atom. The highest BCUT2D eigenvalue weighted by Crippen LogP contribution is 2.17. The molecule has 0 amide bonds. The van der Waals surface area contributed by atoms with E-state index in [0.717, 1.165) is 21.2 Å². The standard InChI is InChI=1S/C15H10BrN5/c16-12-8-18-15-20-19-14(21(15)9-12)7-10-3-4-13-11(6-10)2-1-5-17-13/h1-6,8-9H,7H2. The van der Waals surface area contributed by atoms with E-state index in [-0.39, 0.29) is 0 Å². The zero-order valence-corrected chi connectivity index (χ0v) is 12.5. The van der Waals surface area contributed by atoms with Gasteiger partial charge in [-0.25, -0.2) is 4.98 Å². The second kappa shape index (κ2) is 4.89. The number of rotatable bonds is 2. The second-order valence-corrected chi connectivity index (χ2v) is 5.68. The van der Waals surface area contributed by atoms with E-state index in [0.29, 0.717) is 12.2 Å². The van der Waals surface area contributed by atoms with Crippen LogP contribution >= 0.6 is 15.9 Å². The van der Waals surface area contributed by atoms with E-state index in [1.165, 1.54) is 5.56 Å². The van der Waals surface area contributed by atoms with Crippen LogP contribution in [-0.2, 0) is 6.42 Å². The van der Waals surface area contributed by atoms with Crippen molar-refractivity contribution in [2.45, 2.75) is 6.42 Å². The van der Waals surface area contributed by atoms with E-state index in [2.05, 4.69) is 54.3 Å². The Morgan fingerprint density at radius 3 is 3.00 bits per heavy atom.